The molecular weight excluding hydrogens is 376 g/mol. The summed E-state index contributed by atoms with van der Waals surface area (Å²) in [6, 6.07) is 1.47. The smallest absolute Gasteiger partial charge is 0.311 e. The first-order valence-corrected chi connectivity index (χ1v) is 10.8. The maximum Gasteiger partial charge on any atom is 0.311 e. The number of hydrogen-bond donors (Lipinski definition) is 1. The summed E-state index contributed by atoms with van der Waals surface area (Å²) in [5.41, 5.74) is -0.101. The minimum Gasteiger partial charge on any atom is -0.412 e. The second kappa shape index (κ2) is 7.09. The molecule has 1 fully saturated rings. The second-order valence-electron chi connectivity index (χ2n) is 7.28. The lowest BCUT2D eigenvalue weighted by atomic mass is 10.1. The van der Waals surface area contributed by atoms with Gasteiger partial charge in [0.15, 0.2) is 0 Å². The van der Waals surface area contributed by atoms with Gasteiger partial charge in [0.25, 0.3) is 10.0 Å². The van der Waals surface area contributed by atoms with Crippen LogP contribution in [0.4, 0.5) is 0 Å². The average molecular weight is 399 g/mol. The van der Waals surface area contributed by atoms with Crippen molar-refractivity contribution in [3.63, 3.8) is 0 Å². The number of hydrogen-bond acceptors (Lipinski definition) is 7. The molecule has 0 spiro atoms. The van der Waals surface area contributed by atoms with Gasteiger partial charge < -0.3 is 9.32 Å². The highest BCUT2D eigenvalue weighted by molar-refractivity contribution is 7.91. The van der Waals surface area contributed by atoms with Gasteiger partial charge in [0.1, 0.15) is 4.21 Å². The van der Waals surface area contributed by atoms with E-state index >= 15 is 0 Å². The monoisotopic (exact) mass is 398 g/mol. The first-order chi connectivity index (χ1) is 12.2. The van der Waals surface area contributed by atoms with Gasteiger partial charge >= 0.3 is 11.8 Å². The van der Waals surface area contributed by atoms with E-state index in [2.05, 4.69) is 14.9 Å². The molecule has 1 N–H and O–H groups in total. The molecule has 0 bridgehead atoms. The molecule has 3 heterocycles. The molecule has 1 aliphatic rings. The number of carbonyl (C=O) groups is 1. The normalized spacial score (nSPS) is 16.0. The maximum atomic E-state index is 12.4. The van der Waals surface area contributed by atoms with Crippen molar-refractivity contribution < 1.29 is 17.6 Å². The zero-order chi connectivity index (χ0) is 18.9. The van der Waals surface area contributed by atoms with E-state index in [9.17, 15) is 13.2 Å². The molecule has 2 aromatic heterocycles. The first-order valence-electron chi connectivity index (χ1n) is 8.41. The molecule has 0 aromatic carbocycles. The lowest BCUT2D eigenvalue weighted by Crippen LogP contribution is -2.40. The predicted molar refractivity (Wildman–Crippen MR) is 97.4 cm³/mol. The maximum absolute atomic E-state index is 12.4. The topological polar surface area (TPSA) is 105 Å². The molecule has 142 valence electrons. The fraction of sp³-hybridized carbons (Fsp3) is 0.562. The third-order valence-electron chi connectivity index (χ3n) is 3.78. The molecule has 0 unspecified atom stereocenters. The van der Waals surface area contributed by atoms with Gasteiger partial charge in [0.2, 0.25) is 5.89 Å². The molecule has 2 aromatic rings. The number of aromatic nitrogens is 2. The number of rotatable bonds is 4. The molecule has 1 aliphatic heterocycles. The second-order valence-corrected chi connectivity index (χ2v) is 10.1. The summed E-state index contributed by atoms with van der Waals surface area (Å²) in [6.07, 6.45) is 3.06. The molecule has 0 atom stereocenters. The van der Waals surface area contributed by atoms with Gasteiger partial charge in [0.05, 0.1) is 5.56 Å². The van der Waals surface area contributed by atoms with E-state index in [-0.39, 0.29) is 21.9 Å². The van der Waals surface area contributed by atoms with Gasteiger partial charge in [-0.3, -0.25) is 4.79 Å². The molecule has 8 nitrogen and oxygen atoms in total. The van der Waals surface area contributed by atoms with Gasteiger partial charge in [0, 0.05) is 24.0 Å². The third-order valence-corrected chi connectivity index (χ3v) is 6.98. The van der Waals surface area contributed by atoms with E-state index in [1.54, 1.807) is 31.1 Å². The Bertz CT molecular complexity index is 889. The molecule has 0 saturated carbocycles. The molecule has 3 rings (SSSR count). The number of thiophene rings is 1. The van der Waals surface area contributed by atoms with Gasteiger partial charge in [-0.1, -0.05) is 0 Å². The van der Waals surface area contributed by atoms with E-state index in [0.717, 1.165) is 30.6 Å². The molecule has 1 amide bonds. The van der Waals surface area contributed by atoms with E-state index < -0.39 is 15.6 Å². The molecule has 10 heteroatoms. The summed E-state index contributed by atoms with van der Waals surface area (Å²) in [5, 5.41) is 9.35. The average Bonchev–Trinajstić information content (AvgIpc) is 3.22. The van der Waals surface area contributed by atoms with E-state index in [1.807, 2.05) is 0 Å². The fourth-order valence-corrected chi connectivity index (χ4v) is 5.25. The van der Waals surface area contributed by atoms with E-state index in [1.165, 1.54) is 6.07 Å². The molecule has 26 heavy (non-hydrogen) atoms. The Hall–Kier alpha value is -1.78. The van der Waals surface area contributed by atoms with Crippen molar-refractivity contribution >= 4 is 27.3 Å². The Labute approximate surface area is 156 Å². The Morgan fingerprint density at radius 1 is 1.23 bits per heavy atom. The van der Waals surface area contributed by atoms with E-state index in [0.29, 0.717) is 18.7 Å². The number of likely N-dealkylation sites (tertiary alicyclic amines) is 1. The third kappa shape index (κ3) is 4.30. The zero-order valence-corrected chi connectivity index (χ0v) is 16.6. The van der Waals surface area contributed by atoms with Gasteiger partial charge in [-0.2, -0.15) is 0 Å². The van der Waals surface area contributed by atoms with Crippen molar-refractivity contribution in [3.8, 4) is 11.5 Å². The summed E-state index contributed by atoms with van der Waals surface area (Å²) < 4.78 is 33.0. The van der Waals surface area contributed by atoms with E-state index in [4.69, 9.17) is 4.42 Å². The fourth-order valence-electron chi connectivity index (χ4n) is 2.68. The van der Waals surface area contributed by atoms with Crippen molar-refractivity contribution in [1.29, 1.82) is 0 Å². The van der Waals surface area contributed by atoms with Crippen LogP contribution in [0.25, 0.3) is 11.5 Å². The zero-order valence-electron chi connectivity index (χ0n) is 15.0. The van der Waals surface area contributed by atoms with Crippen LogP contribution in [0.3, 0.4) is 0 Å². The van der Waals surface area contributed by atoms with Crippen molar-refractivity contribution in [1.82, 2.24) is 19.8 Å². The quantitative estimate of drug-likeness (QED) is 0.848. The van der Waals surface area contributed by atoms with Crippen molar-refractivity contribution in [2.24, 2.45) is 0 Å². The van der Waals surface area contributed by atoms with Crippen LogP contribution in [0.1, 0.15) is 50.7 Å². The number of amides is 1. The number of nitrogens with one attached hydrogen (secondary N) is 1. The van der Waals surface area contributed by atoms with Crippen LogP contribution in [-0.4, -0.2) is 48.1 Å². The minimum absolute atomic E-state index is 0.0645. The van der Waals surface area contributed by atoms with Crippen LogP contribution >= 0.6 is 11.3 Å². The van der Waals surface area contributed by atoms with Crippen molar-refractivity contribution in [2.45, 2.75) is 49.8 Å². The van der Waals surface area contributed by atoms with Crippen molar-refractivity contribution in [3.05, 3.63) is 17.3 Å². The van der Waals surface area contributed by atoms with Crippen LogP contribution in [0.5, 0.6) is 0 Å². The summed E-state index contributed by atoms with van der Waals surface area (Å²) in [4.78, 5) is 14.1. The van der Waals surface area contributed by atoms with Crippen LogP contribution in [0, 0.1) is 0 Å². The molecule has 1 saturated heterocycles. The van der Waals surface area contributed by atoms with Crippen LogP contribution in [0.2, 0.25) is 0 Å². The predicted octanol–water partition coefficient (Wildman–Crippen LogP) is 2.50. The highest BCUT2D eigenvalue weighted by atomic mass is 32.2. The number of carbonyl (C=O) groups excluding carboxylic acids is 1. The molecule has 0 aliphatic carbocycles. The Kier molecular flexibility index (Phi) is 5.18. The van der Waals surface area contributed by atoms with Crippen LogP contribution < -0.4 is 4.72 Å². The number of nitrogens with zero attached hydrogens (tertiary/aromatic N) is 3. The Morgan fingerprint density at radius 2 is 1.92 bits per heavy atom. The minimum atomic E-state index is -3.63. The van der Waals surface area contributed by atoms with Gasteiger partial charge in [-0.05, 0) is 46.1 Å². The van der Waals surface area contributed by atoms with Gasteiger partial charge in [-0.25, -0.2) is 13.1 Å². The standard InChI is InChI=1S/C16H22N4O4S2/c1-16(2,3)19-26(22,23)12-9-11(10-25-12)13-17-18-14(24-13)15(21)20-7-5-4-6-8-20/h9-10,19H,4-8H2,1-3H3. The summed E-state index contributed by atoms with van der Waals surface area (Å²) in [6.45, 7) is 6.70. The highest BCUT2D eigenvalue weighted by Gasteiger charge is 2.26. The molecule has 0 radical (unpaired) electrons. The number of piperidine rings is 1. The SMILES string of the molecule is CC(C)(C)NS(=O)(=O)c1cc(-c2nnc(C(=O)N3CCCCC3)o2)cs1. The van der Waals surface area contributed by atoms with Crippen LogP contribution in [-0.2, 0) is 10.0 Å². The Morgan fingerprint density at radius 3 is 2.58 bits per heavy atom. The van der Waals surface area contributed by atoms with Gasteiger partial charge in [-0.15, -0.1) is 21.5 Å². The summed E-state index contributed by atoms with van der Waals surface area (Å²) in [5.74, 6) is -0.204. The molecular formula is C16H22N4O4S2. The lowest BCUT2D eigenvalue weighted by molar-refractivity contribution is 0.0684. The Balaban J connectivity index is 1.78. The summed E-state index contributed by atoms with van der Waals surface area (Å²) >= 11 is 1.06. The van der Waals surface area contributed by atoms with Crippen LogP contribution in [0.15, 0.2) is 20.1 Å². The van der Waals surface area contributed by atoms with Crippen molar-refractivity contribution in [2.75, 3.05) is 13.1 Å². The number of sulfonamides is 1. The lowest BCUT2D eigenvalue weighted by Gasteiger charge is -2.24. The first kappa shape index (κ1) is 19.0. The summed E-state index contributed by atoms with van der Waals surface area (Å²) in [7, 11) is -3.63. The highest BCUT2D eigenvalue weighted by Crippen LogP contribution is 2.28. The largest absolute Gasteiger partial charge is 0.412 e.